The largest absolute Gasteiger partial charge is 0.381 e. The lowest BCUT2D eigenvalue weighted by atomic mass is 10.2. The molecule has 4 nitrogen and oxygen atoms in total. The van der Waals surface area contributed by atoms with Crippen molar-refractivity contribution in [1.82, 2.24) is 4.98 Å². The van der Waals surface area contributed by atoms with Crippen LogP contribution in [0.2, 0.25) is 5.02 Å². The molecule has 0 amide bonds. The van der Waals surface area contributed by atoms with Gasteiger partial charge in [0.15, 0.2) is 0 Å². The van der Waals surface area contributed by atoms with Crippen LogP contribution in [0.5, 0.6) is 0 Å². The number of halogens is 1. The first-order valence-corrected chi connectivity index (χ1v) is 6.22. The van der Waals surface area contributed by atoms with E-state index in [1.54, 1.807) is 13.1 Å². The van der Waals surface area contributed by atoms with Crippen molar-refractivity contribution in [2.75, 3.05) is 31.2 Å². The Morgan fingerprint density at radius 2 is 2.22 bits per heavy atom. The Hall–Kier alpha value is -1.28. The van der Waals surface area contributed by atoms with Gasteiger partial charge in [0, 0.05) is 19.3 Å². The number of rotatable bonds is 1. The maximum atomic E-state index is 9.21. The van der Waals surface area contributed by atoms with E-state index in [2.05, 4.69) is 21.7 Å². The molecular formula is C13H15ClN2O2. The van der Waals surface area contributed by atoms with Crippen molar-refractivity contribution in [3.63, 3.8) is 0 Å². The summed E-state index contributed by atoms with van der Waals surface area (Å²) in [5, 5.41) is 9.79. The molecular weight excluding hydrogens is 252 g/mol. The van der Waals surface area contributed by atoms with Gasteiger partial charge in [0.05, 0.1) is 23.9 Å². The number of aliphatic hydroxyl groups is 1. The molecule has 1 aliphatic heterocycles. The Morgan fingerprint density at radius 3 is 2.89 bits per heavy atom. The fourth-order valence-electron chi connectivity index (χ4n) is 1.74. The monoisotopic (exact) mass is 266 g/mol. The predicted molar refractivity (Wildman–Crippen MR) is 70.8 cm³/mol. The van der Waals surface area contributed by atoms with Crippen LogP contribution in [0.25, 0.3) is 0 Å². The van der Waals surface area contributed by atoms with Crippen molar-refractivity contribution in [3.8, 4) is 11.8 Å². The molecule has 1 aromatic heterocycles. The molecule has 5 heteroatoms. The van der Waals surface area contributed by atoms with Gasteiger partial charge in [0.25, 0.3) is 0 Å². The van der Waals surface area contributed by atoms with E-state index in [0.29, 0.717) is 23.9 Å². The fraction of sp³-hybridized carbons (Fsp3) is 0.462. The normalized spacial score (nSPS) is 16.9. The van der Waals surface area contributed by atoms with E-state index in [0.717, 1.165) is 18.8 Å². The van der Waals surface area contributed by atoms with Gasteiger partial charge in [-0.05, 0) is 18.9 Å². The van der Waals surface area contributed by atoms with Gasteiger partial charge < -0.3 is 14.7 Å². The van der Waals surface area contributed by atoms with Gasteiger partial charge >= 0.3 is 0 Å². The summed E-state index contributed by atoms with van der Waals surface area (Å²) < 4.78 is 5.32. The van der Waals surface area contributed by atoms with Crippen molar-refractivity contribution >= 4 is 17.3 Å². The standard InChI is InChI=1S/C13H15ClN2O2/c1-10(17)2-3-12-13(8-11(14)9-15-12)16-4-6-18-7-5-16/h8-10,17H,4-7H2,1H3/t10-/m1/s1. The zero-order chi connectivity index (χ0) is 13.0. The van der Waals surface area contributed by atoms with Gasteiger partial charge in [-0.25, -0.2) is 4.98 Å². The van der Waals surface area contributed by atoms with Gasteiger partial charge in [-0.15, -0.1) is 0 Å². The molecule has 0 bridgehead atoms. The summed E-state index contributed by atoms with van der Waals surface area (Å²) in [5.74, 6) is 5.59. The van der Waals surface area contributed by atoms with Crippen LogP contribution in [0, 0.1) is 11.8 Å². The van der Waals surface area contributed by atoms with E-state index in [-0.39, 0.29) is 0 Å². The van der Waals surface area contributed by atoms with Crippen LogP contribution >= 0.6 is 11.6 Å². The third-order valence-corrected chi connectivity index (χ3v) is 2.79. The molecule has 1 aliphatic rings. The highest BCUT2D eigenvalue weighted by atomic mass is 35.5. The van der Waals surface area contributed by atoms with Crippen molar-refractivity contribution in [3.05, 3.63) is 23.0 Å². The van der Waals surface area contributed by atoms with Crippen LogP contribution in [0.3, 0.4) is 0 Å². The zero-order valence-corrected chi connectivity index (χ0v) is 10.9. The number of aromatic nitrogens is 1. The number of hydrogen-bond donors (Lipinski definition) is 1. The Labute approximate surface area is 112 Å². The van der Waals surface area contributed by atoms with E-state index in [4.69, 9.17) is 16.3 Å². The average Bonchev–Trinajstić information content (AvgIpc) is 2.38. The minimum Gasteiger partial charge on any atom is -0.381 e. The molecule has 2 heterocycles. The van der Waals surface area contributed by atoms with Gasteiger partial charge in [-0.1, -0.05) is 17.5 Å². The Morgan fingerprint density at radius 1 is 1.50 bits per heavy atom. The molecule has 2 rings (SSSR count). The number of aliphatic hydroxyl groups excluding tert-OH is 1. The average molecular weight is 267 g/mol. The zero-order valence-electron chi connectivity index (χ0n) is 10.2. The van der Waals surface area contributed by atoms with E-state index >= 15 is 0 Å². The highest BCUT2D eigenvalue weighted by molar-refractivity contribution is 6.30. The molecule has 0 unspecified atom stereocenters. The van der Waals surface area contributed by atoms with Gasteiger partial charge in [0.1, 0.15) is 11.8 Å². The van der Waals surface area contributed by atoms with Crippen molar-refractivity contribution in [2.45, 2.75) is 13.0 Å². The van der Waals surface area contributed by atoms with E-state index in [1.807, 2.05) is 6.07 Å². The quantitative estimate of drug-likeness (QED) is 0.779. The molecule has 0 spiro atoms. The summed E-state index contributed by atoms with van der Waals surface area (Å²) in [6, 6.07) is 1.85. The van der Waals surface area contributed by atoms with Gasteiger partial charge in [-0.3, -0.25) is 0 Å². The molecule has 1 aromatic rings. The van der Waals surface area contributed by atoms with Crippen LogP contribution in [-0.4, -0.2) is 42.5 Å². The molecule has 1 saturated heterocycles. The second kappa shape index (κ2) is 6.05. The van der Waals surface area contributed by atoms with Gasteiger partial charge in [-0.2, -0.15) is 0 Å². The Bertz CT molecular complexity index is 474. The second-order valence-corrected chi connectivity index (χ2v) is 4.50. The molecule has 1 N–H and O–H groups in total. The van der Waals surface area contributed by atoms with Gasteiger partial charge in [0.2, 0.25) is 0 Å². The van der Waals surface area contributed by atoms with Crippen LogP contribution in [0.15, 0.2) is 12.3 Å². The van der Waals surface area contributed by atoms with Crippen molar-refractivity contribution in [1.29, 1.82) is 0 Å². The summed E-state index contributed by atoms with van der Waals surface area (Å²) in [6.07, 6.45) is 0.900. The maximum absolute atomic E-state index is 9.21. The first kappa shape index (κ1) is 13.2. The lowest BCUT2D eigenvalue weighted by molar-refractivity contribution is 0.122. The maximum Gasteiger partial charge on any atom is 0.136 e. The van der Waals surface area contributed by atoms with Crippen LogP contribution in [-0.2, 0) is 4.74 Å². The highest BCUT2D eigenvalue weighted by Gasteiger charge is 2.15. The topological polar surface area (TPSA) is 45.6 Å². The summed E-state index contributed by atoms with van der Waals surface area (Å²) in [6.45, 7) is 4.60. The Kier molecular flexibility index (Phi) is 4.43. The lowest BCUT2D eigenvalue weighted by Crippen LogP contribution is -2.36. The molecule has 0 aromatic carbocycles. The fourth-order valence-corrected chi connectivity index (χ4v) is 1.90. The molecule has 1 atom stereocenters. The number of pyridine rings is 1. The minimum absolute atomic E-state index is 0.582. The lowest BCUT2D eigenvalue weighted by Gasteiger charge is -2.29. The number of anilines is 1. The Balaban J connectivity index is 2.31. The SMILES string of the molecule is C[C@@H](O)C#Cc1ncc(Cl)cc1N1CCOCC1. The minimum atomic E-state index is -0.667. The summed E-state index contributed by atoms with van der Waals surface area (Å²) >= 11 is 5.98. The van der Waals surface area contributed by atoms with Crippen LogP contribution < -0.4 is 4.90 Å². The van der Waals surface area contributed by atoms with Crippen molar-refractivity contribution < 1.29 is 9.84 Å². The number of hydrogen-bond acceptors (Lipinski definition) is 4. The highest BCUT2D eigenvalue weighted by Crippen LogP contribution is 2.23. The summed E-state index contributed by atoms with van der Waals surface area (Å²) in [5.41, 5.74) is 1.54. The van der Waals surface area contributed by atoms with E-state index in [9.17, 15) is 5.11 Å². The summed E-state index contributed by atoms with van der Waals surface area (Å²) in [7, 11) is 0. The predicted octanol–water partition coefficient (Wildman–Crippen LogP) is 1.30. The molecule has 0 aliphatic carbocycles. The first-order valence-electron chi connectivity index (χ1n) is 5.84. The van der Waals surface area contributed by atoms with Crippen LogP contribution in [0.1, 0.15) is 12.6 Å². The van der Waals surface area contributed by atoms with E-state index in [1.165, 1.54) is 0 Å². The summed E-state index contributed by atoms with van der Waals surface area (Å²) in [4.78, 5) is 6.37. The van der Waals surface area contributed by atoms with Crippen LogP contribution in [0.4, 0.5) is 5.69 Å². The number of morpholine rings is 1. The second-order valence-electron chi connectivity index (χ2n) is 4.07. The van der Waals surface area contributed by atoms with Crippen molar-refractivity contribution in [2.24, 2.45) is 0 Å². The molecule has 0 saturated carbocycles. The molecule has 1 fully saturated rings. The molecule has 0 radical (unpaired) electrons. The number of ether oxygens (including phenoxy) is 1. The first-order chi connectivity index (χ1) is 8.66. The number of nitrogens with zero attached hydrogens (tertiary/aromatic N) is 2. The third-order valence-electron chi connectivity index (χ3n) is 2.59. The third kappa shape index (κ3) is 3.36. The molecule has 96 valence electrons. The van der Waals surface area contributed by atoms with E-state index < -0.39 is 6.10 Å². The molecule has 18 heavy (non-hydrogen) atoms. The smallest absolute Gasteiger partial charge is 0.136 e.